The molecule has 0 radical (unpaired) electrons. The summed E-state index contributed by atoms with van der Waals surface area (Å²) >= 11 is 0. The van der Waals surface area contributed by atoms with Crippen molar-refractivity contribution in [3.63, 3.8) is 0 Å². The Kier molecular flexibility index (Phi) is 8.43. The molecule has 36 heavy (non-hydrogen) atoms. The smallest absolute Gasteiger partial charge is 0.343 e. The molecule has 7 heteroatoms. The molecule has 0 N–H and O–H groups in total. The van der Waals surface area contributed by atoms with Gasteiger partial charge in [0.25, 0.3) is 0 Å². The van der Waals surface area contributed by atoms with E-state index in [1.165, 1.54) is 0 Å². The summed E-state index contributed by atoms with van der Waals surface area (Å²) in [5, 5.41) is 8.82. The molecule has 4 rings (SSSR count). The van der Waals surface area contributed by atoms with Crippen LogP contribution in [-0.4, -0.2) is 32.6 Å². The third kappa shape index (κ3) is 7.24. The highest BCUT2D eigenvalue weighted by Crippen LogP contribution is 2.32. The summed E-state index contributed by atoms with van der Waals surface area (Å²) in [6.07, 6.45) is 3.25. The molecule has 0 saturated carbocycles. The first-order valence-corrected chi connectivity index (χ1v) is 11.9. The van der Waals surface area contributed by atoms with Crippen LogP contribution in [-0.2, 0) is 4.74 Å². The summed E-state index contributed by atoms with van der Waals surface area (Å²) in [6.45, 7) is 4.63. The first-order chi connectivity index (χ1) is 17.5. The van der Waals surface area contributed by atoms with Gasteiger partial charge in [-0.1, -0.05) is 6.92 Å². The van der Waals surface area contributed by atoms with Gasteiger partial charge in [0.1, 0.15) is 23.0 Å². The van der Waals surface area contributed by atoms with Gasteiger partial charge in [0.05, 0.1) is 37.0 Å². The quantitative estimate of drug-likeness (QED) is 0.139. The Morgan fingerprint density at radius 1 is 0.833 bits per heavy atom. The molecule has 0 amide bonds. The average Bonchev–Trinajstić information content (AvgIpc) is 2.89. The van der Waals surface area contributed by atoms with Crippen LogP contribution in [0.2, 0.25) is 0 Å². The van der Waals surface area contributed by atoms with E-state index in [0.717, 1.165) is 38.2 Å². The molecule has 0 bridgehead atoms. The maximum absolute atomic E-state index is 12.5. The zero-order chi connectivity index (χ0) is 25.2. The van der Waals surface area contributed by atoms with Gasteiger partial charge in [-0.3, -0.25) is 0 Å². The third-order valence-corrected chi connectivity index (χ3v) is 5.90. The predicted octanol–water partition coefficient (Wildman–Crippen LogP) is 5.78. The molecule has 186 valence electrons. The fourth-order valence-corrected chi connectivity index (χ4v) is 3.69. The molecule has 3 aromatic carbocycles. The molecule has 3 aromatic rings. The number of benzene rings is 3. The van der Waals surface area contributed by atoms with Crippen LogP contribution < -0.4 is 18.9 Å². The Hall–Kier alpha value is -4.02. The van der Waals surface area contributed by atoms with Gasteiger partial charge in [-0.15, -0.1) is 0 Å². The van der Waals surface area contributed by atoms with Gasteiger partial charge < -0.3 is 23.7 Å². The summed E-state index contributed by atoms with van der Waals surface area (Å²) in [4.78, 5) is 12.5. The molecule has 1 fully saturated rings. The molecule has 0 spiro atoms. The van der Waals surface area contributed by atoms with Gasteiger partial charge in [0.2, 0.25) is 6.79 Å². The molecule has 1 aliphatic heterocycles. The molecule has 1 heterocycles. The van der Waals surface area contributed by atoms with E-state index in [1.54, 1.807) is 72.8 Å². The van der Waals surface area contributed by atoms with E-state index in [0.29, 0.717) is 40.4 Å². The maximum atomic E-state index is 12.5. The van der Waals surface area contributed by atoms with E-state index in [9.17, 15) is 4.79 Å². The van der Waals surface area contributed by atoms with Crippen molar-refractivity contribution in [3.8, 4) is 29.1 Å². The number of hydrogen-bond acceptors (Lipinski definition) is 7. The molecule has 1 aliphatic rings. The van der Waals surface area contributed by atoms with Crippen LogP contribution in [0.1, 0.15) is 42.1 Å². The highest BCUT2D eigenvalue weighted by molar-refractivity contribution is 5.91. The number of unbranched alkanes of at least 4 members (excludes halogenated alkanes) is 1. The lowest BCUT2D eigenvalue weighted by Crippen LogP contribution is -2.39. The Labute approximate surface area is 211 Å². The second-order valence-corrected chi connectivity index (χ2v) is 9.04. The summed E-state index contributed by atoms with van der Waals surface area (Å²) in [5.41, 5.74) is 1.35. The van der Waals surface area contributed by atoms with Crippen LogP contribution in [0, 0.1) is 16.7 Å². The van der Waals surface area contributed by atoms with Crippen LogP contribution in [0.4, 0.5) is 0 Å². The Morgan fingerprint density at radius 3 is 1.97 bits per heavy atom. The molecule has 0 aliphatic carbocycles. The van der Waals surface area contributed by atoms with Crippen LogP contribution in [0.5, 0.6) is 23.0 Å². The van der Waals surface area contributed by atoms with Crippen LogP contribution in [0.3, 0.4) is 0 Å². The van der Waals surface area contributed by atoms with Crippen LogP contribution >= 0.6 is 0 Å². The lowest BCUT2D eigenvalue weighted by Gasteiger charge is -2.38. The molecule has 0 unspecified atom stereocenters. The number of hydrogen-bond donors (Lipinski definition) is 0. The van der Waals surface area contributed by atoms with Gasteiger partial charge >= 0.3 is 5.97 Å². The monoisotopic (exact) mass is 487 g/mol. The molecular formula is C29H29NO6. The van der Waals surface area contributed by atoms with Gasteiger partial charge in [-0.25, -0.2) is 4.79 Å². The number of rotatable bonds is 12. The Balaban J connectivity index is 1.16. The summed E-state index contributed by atoms with van der Waals surface area (Å²) in [6, 6.07) is 22.5. The molecule has 0 aromatic heterocycles. The first kappa shape index (κ1) is 25.1. The predicted molar refractivity (Wildman–Crippen MR) is 133 cm³/mol. The first-order valence-electron chi connectivity index (χ1n) is 11.9. The fraction of sp³-hybridized carbons (Fsp3) is 0.310. The zero-order valence-electron chi connectivity index (χ0n) is 20.3. The Bertz CT molecular complexity index is 1160. The normalized spacial score (nSPS) is 13.7. The SMILES string of the molecule is CC1(CCCCOc2ccc(C(=O)Oc3ccc(OCOc4ccc(C#N)cc4)cc3)cc2)COC1. The minimum absolute atomic E-state index is 0.00773. The summed E-state index contributed by atoms with van der Waals surface area (Å²) in [5.74, 6) is 1.86. The lowest BCUT2D eigenvalue weighted by molar-refractivity contribution is -0.106. The van der Waals surface area contributed by atoms with Crippen molar-refractivity contribution in [2.75, 3.05) is 26.6 Å². The summed E-state index contributed by atoms with van der Waals surface area (Å²) in [7, 11) is 0. The van der Waals surface area contributed by atoms with E-state index >= 15 is 0 Å². The second-order valence-electron chi connectivity index (χ2n) is 9.04. The van der Waals surface area contributed by atoms with Gasteiger partial charge in [0.15, 0.2) is 0 Å². The van der Waals surface area contributed by atoms with Gasteiger partial charge in [-0.05, 0) is 92.1 Å². The van der Waals surface area contributed by atoms with Crippen molar-refractivity contribution in [1.82, 2.24) is 0 Å². The van der Waals surface area contributed by atoms with E-state index in [1.807, 2.05) is 0 Å². The average molecular weight is 488 g/mol. The number of nitriles is 1. The van der Waals surface area contributed by atoms with Crippen molar-refractivity contribution >= 4 is 5.97 Å². The number of esters is 1. The highest BCUT2D eigenvalue weighted by atomic mass is 16.7. The van der Waals surface area contributed by atoms with E-state index in [4.69, 9.17) is 28.9 Å². The standard InChI is InChI=1S/C29H29NO6/c1-29(19-32-20-29)16-2-3-17-33-24-10-6-23(7-11-24)28(31)36-27-14-12-26(13-15-27)35-21-34-25-8-4-22(18-30)5-9-25/h4-15H,2-3,16-17,19-21H2,1H3. The fourth-order valence-electron chi connectivity index (χ4n) is 3.69. The van der Waals surface area contributed by atoms with Gasteiger partial charge in [0, 0.05) is 5.41 Å². The van der Waals surface area contributed by atoms with E-state index in [-0.39, 0.29) is 6.79 Å². The van der Waals surface area contributed by atoms with Crippen LogP contribution in [0.15, 0.2) is 72.8 Å². The highest BCUT2D eigenvalue weighted by Gasteiger charge is 2.32. The van der Waals surface area contributed by atoms with Crippen molar-refractivity contribution in [1.29, 1.82) is 5.26 Å². The molecule has 0 atom stereocenters. The Morgan fingerprint density at radius 2 is 1.39 bits per heavy atom. The summed E-state index contributed by atoms with van der Waals surface area (Å²) < 4.78 is 27.6. The zero-order valence-corrected chi connectivity index (χ0v) is 20.3. The molecule has 7 nitrogen and oxygen atoms in total. The van der Waals surface area contributed by atoms with Gasteiger partial charge in [-0.2, -0.15) is 5.26 Å². The lowest BCUT2D eigenvalue weighted by atomic mass is 9.83. The molecular weight excluding hydrogens is 458 g/mol. The van der Waals surface area contributed by atoms with Crippen molar-refractivity contribution in [2.45, 2.75) is 26.2 Å². The maximum Gasteiger partial charge on any atom is 0.343 e. The molecule has 1 saturated heterocycles. The minimum atomic E-state index is -0.449. The number of nitrogens with zero attached hydrogens (tertiary/aromatic N) is 1. The van der Waals surface area contributed by atoms with E-state index in [2.05, 4.69) is 13.0 Å². The van der Waals surface area contributed by atoms with Crippen LogP contribution in [0.25, 0.3) is 0 Å². The number of carbonyl (C=O) groups is 1. The number of carbonyl (C=O) groups excluding carboxylic acids is 1. The van der Waals surface area contributed by atoms with E-state index < -0.39 is 5.97 Å². The topological polar surface area (TPSA) is 87.0 Å². The third-order valence-electron chi connectivity index (χ3n) is 5.90. The largest absolute Gasteiger partial charge is 0.494 e. The van der Waals surface area contributed by atoms with Crippen molar-refractivity contribution < 1.29 is 28.5 Å². The second kappa shape index (κ2) is 12.1. The minimum Gasteiger partial charge on any atom is -0.494 e. The van der Waals surface area contributed by atoms with Crippen molar-refractivity contribution in [2.24, 2.45) is 5.41 Å². The van der Waals surface area contributed by atoms with Crippen molar-refractivity contribution in [3.05, 3.63) is 83.9 Å². The number of ether oxygens (including phenoxy) is 5.